The Balaban J connectivity index is 1.41. The van der Waals surface area contributed by atoms with Crippen LogP contribution in [0.4, 0.5) is 5.69 Å². The molecule has 0 radical (unpaired) electrons. The molecule has 0 bridgehead atoms. The van der Waals surface area contributed by atoms with Crippen LogP contribution in [0.1, 0.15) is 15.9 Å². The molecule has 0 unspecified atom stereocenters. The van der Waals surface area contributed by atoms with Crippen molar-refractivity contribution >= 4 is 39.3 Å². The molecule has 2 aromatic rings. The minimum absolute atomic E-state index is 0.0613. The van der Waals surface area contributed by atoms with Gasteiger partial charge in [-0.1, -0.05) is 15.9 Å². The van der Waals surface area contributed by atoms with Crippen LogP contribution in [-0.4, -0.2) is 81.0 Å². The molecule has 34 heavy (non-hydrogen) atoms. The van der Waals surface area contributed by atoms with E-state index >= 15 is 0 Å². The fraction of sp³-hybridized carbons (Fsp3) is 0.375. The van der Waals surface area contributed by atoms with Crippen molar-refractivity contribution in [2.24, 2.45) is 0 Å². The lowest BCUT2D eigenvalue weighted by Gasteiger charge is -2.34. The quantitative estimate of drug-likeness (QED) is 0.530. The van der Waals surface area contributed by atoms with Crippen LogP contribution < -0.4 is 20.1 Å². The predicted octanol–water partition coefficient (Wildman–Crippen LogP) is 2.29. The second kappa shape index (κ2) is 11.8. The molecule has 3 rings (SSSR count). The molecule has 2 N–H and O–H groups in total. The Morgan fingerprint density at radius 2 is 1.65 bits per heavy atom. The Morgan fingerprint density at radius 1 is 0.941 bits per heavy atom. The molecule has 2 aromatic carbocycles. The van der Waals surface area contributed by atoms with Crippen LogP contribution in [-0.2, 0) is 9.59 Å². The first kappa shape index (κ1) is 25.5. The summed E-state index contributed by atoms with van der Waals surface area (Å²) < 4.78 is 11.4. The Bertz CT molecular complexity index is 1050. The van der Waals surface area contributed by atoms with E-state index in [4.69, 9.17) is 9.47 Å². The number of ether oxygens (including phenoxy) is 2. The van der Waals surface area contributed by atoms with Crippen molar-refractivity contribution in [1.29, 1.82) is 0 Å². The lowest BCUT2D eigenvalue weighted by molar-refractivity contribution is -0.136. The summed E-state index contributed by atoms with van der Waals surface area (Å²) in [6.07, 6.45) is 0. The fourth-order valence-electron chi connectivity index (χ4n) is 3.64. The molecular formula is C24H29BrN4O5. The Morgan fingerprint density at radius 3 is 2.29 bits per heavy atom. The molecule has 0 atom stereocenters. The molecular weight excluding hydrogens is 504 g/mol. The SMILES string of the molecule is COc1ccc(C(=O)N2CCN(CCNC(=O)C(=O)Nc3ccc(Br)c(C)c3)CC2)cc1OC. The summed E-state index contributed by atoms with van der Waals surface area (Å²) in [6.45, 7) is 5.35. The van der Waals surface area contributed by atoms with Gasteiger partial charge in [0, 0.05) is 55.0 Å². The predicted molar refractivity (Wildman–Crippen MR) is 132 cm³/mol. The van der Waals surface area contributed by atoms with Gasteiger partial charge in [0.2, 0.25) is 0 Å². The number of rotatable bonds is 7. The molecule has 1 saturated heterocycles. The van der Waals surface area contributed by atoms with E-state index in [2.05, 4.69) is 31.5 Å². The topological polar surface area (TPSA) is 100 Å². The summed E-state index contributed by atoms with van der Waals surface area (Å²) in [5.74, 6) is -0.350. The van der Waals surface area contributed by atoms with Gasteiger partial charge in [-0.15, -0.1) is 0 Å². The normalized spacial score (nSPS) is 13.8. The van der Waals surface area contributed by atoms with E-state index in [1.807, 2.05) is 13.0 Å². The van der Waals surface area contributed by atoms with Crippen LogP contribution in [0.2, 0.25) is 0 Å². The molecule has 0 aromatic heterocycles. The van der Waals surface area contributed by atoms with Gasteiger partial charge in [0.05, 0.1) is 14.2 Å². The number of anilines is 1. The molecule has 0 aliphatic carbocycles. The molecule has 3 amide bonds. The molecule has 182 valence electrons. The average molecular weight is 533 g/mol. The molecule has 1 heterocycles. The van der Waals surface area contributed by atoms with Gasteiger partial charge in [-0.2, -0.15) is 0 Å². The third-order valence-corrected chi connectivity index (χ3v) is 6.52. The van der Waals surface area contributed by atoms with Gasteiger partial charge in [-0.3, -0.25) is 19.3 Å². The number of carbonyl (C=O) groups excluding carboxylic acids is 3. The third-order valence-electron chi connectivity index (χ3n) is 5.63. The van der Waals surface area contributed by atoms with Gasteiger partial charge in [-0.05, 0) is 48.9 Å². The summed E-state index contributed by atoms with van der Waals surface area (Å²) in [7, 11) is 3.09. The molecule has 10 heteroatoms. The van der Waals surface area contributed by atoms with Crippen molar-refractivity contribution in [1.82, 2.24) is 15.1 Å². The summed E-state index contributed by atoms with van der Waals surface area (Å²) in [4.78, 5) is 41.0. The van der Waals surface area contributed by atoms with Gasteiger partial charge < -0.3 is 25.0 Å². The highest BCUT2D eigenvalue weighted by molar-refractivity contribution is 9.10. The zero-order chi connectivity index (χ0) is 24.7. The second-order valence-corrected chi connectivity index (χ2v) is 8.73. The van der Waals surface area contributed by atoms with E-state index in [9.17, 15) is 14.4 Å². The Hall–Kier alpha value is -3.11. The van der Waals surface area contributed by atoms with Crippen molar-refractivity contribution < 1.29 is 23.9 Å². The van der Waals surface area contributed by atoms with E-state index in [0.717, 1.165) is 10.0 Å². The fourth-order valence-corrected chi connectivity index (χ4v) is 3.89. The summed E-state index contributed by atoms with van der Waals surface area (Å²) >= 11 is 3.40. The van der Waals surface area contributed by atoms with Gasteiger partial charge in [-0.25, -0.2) is 0 Å². The number of piperazine rings is 1. The largest absolute Gasteiger partial charge is 0.493 e. The number of nitrogens with zero attached hydrogens (tertiary/aromatic N) is 2. The average Bonchev–Trinajstić information content (AvgIpc) is 2.85. The number of hydrogen-bond acceptors (Lipinski definition) is 6. The molecule has 1 fully saturated rings. The zero-order valence-corrected chi connectivity index (χ0v) is 21.1. The van der Waals surface area contributed by atoms with E-state index in [-0.39, 0.29) is 5.91 Å². The lowest BCUT2D eigenvalue weighted by atomic mass is 10.1. The first-order valence-corrected chi connectivity index (χ1v) is 11.7. The molecule has 0 spiro atoms. The van der Waals surface area contributed by atoms with E-state index in [1.54, 1.807) is 42.3 Å². The standard InChI is InChI=1S/C24H29BrN4O5/c1-16-14-18(5-6-19(16)25)27-23(31)22(30)26-8-9-28-10-12-29(13-11-28)24(32)17-4-7-20(33-2)21(15-17)34-3/h4-7,14-15H,8-13H2,1-3H3,(H,26,30)(H,27,31). The van der Waals surface area contributed by atoms with Crippen LogP contribution in [0.25, 0.3) is 0 Å². The first-order valence-electron chi connectivity index (χ1n) is 10.9. The lowest BCUT2D eigenvalue weighted by Crippen LogP contribution is -2.50. The summed E-state index contributed by atoms with van der Waals surface area (Å²) in [5.41, 5.74) is 2.07. The van der Waals surface area contributed by atoms with Crippen LogP contribution in [0.15, 0.2) is 40.9 Å². The monoisotopic (exact) mass is 532 g/mol. The van der Waals surface area contributed by atoms with Crippen molar-refractivity contribution in [3.63, 3.8) is 0 Å². The number of amides is 3. The minimum Gasteiger partial charge on any atom is -0.493 e. The maximum Gasteiger partial charge on any atom is 0.313 e. The number of halogens is 1. The van der Waals surface area contributed by atoms with Crippen LogP contribution >= 0.6 is 15.9 Å². The first-order chi connectivity index (χ1) is 16.3. The highest BCUT2D eigenvalue weighted by atomic mass is 79.9. The highest BCUT2D eigenvalue weighted by Crippen LogP contribution is 2.28. The Labute approximate surface area is 207 Å². The number of carbonyl (C=O) groups is 3. The van der Waals surface area contributed by atoms with Crippen LogP contribution in [0.3, 0.4) is 0 Å². The summed E-state index contributed by atoms with van der Waals surface area (Å²) in [5, 5.41) is 5.25. The number of methoxy groups -OCH3 is 2. The Kier molecular flexibility index (Phi) is 8.89. The van der Waals surface area contributed by atoms with E-state index < -0.39 is 11.8 Å². The molecule has 1 aliphatic rings. The van der Waals surface area contributed by atoms with E-state index in [1.165, 1.54) is 7.11 Å². The number of hydrogen-bond donors (Lipinski definition) is 2. The van der Waals surface area contributed by atoms with Crippen molar-refractivity contribution in [2.45, 2.75) is 6.92 Å². The smallest absolute Gasteiger partial charge is 0.313 e. The van der Waals surface area contributed by atoms with Gasteiger partial charge in [0.15, 0.2) is 11.5 Å². The molecule has 1 aliphatic heterocycles. The van der Waals surface area contributed by atoms with E-state index in [0.29, 0.717) is 62.0 Å². The minimum atomic E-state index is -0.702. The number of aryl methyl sites for hydroxylation is 1. The third kappa shape index (κ3) is 6.48. The van der Waals surface area contributed by atoms with Crippen LogP contribution in [0.5, 0.6) is 11.5 Å². The highest BCUT2D eigenvalue weighted by Gasteiger charge is 2.23. The van der Waals surface area contributed by atoms with Gasteiger partial charge >= 0.3 is 11.8 Å². The van der Waals surface area contributed by atoms with Crippen molar-refractivity contribution in [3.05, 3.63) is 52.0 Å². The van der Waals surface area contributed by atoms with Crippen molar-refractivity contribution in [2.75, 3.05) is 58.8 Å². The summed E-state index contributed by atoms with van der Waals surface area (Å²) in [6, 6.07) is 10.5. The maximum atomic E-state index is 12.8. The van der Waals surface area contributed by atoms with Crippen LogP contribution in [0, 0.1) is 6.92 Å². The molecule has 9 nitrogen and oxygen atoms in total. The maximum absolute atomic E-state index is 12.8. The van der Waals surface area contributed by atoms with Gasteiger partial charge in [0.25, 0.3) is 5.91 Å². The second-order valence-electron chi connectivity index (χ2n) is 7.88. The van der Waals surface area contributed by atoms with Crippen molar-refractivity contribution in [3.8, 4) is 11.5 Å². The number of benzene rings is 2. The zero-order valence-electron chi connectivity index (χ0n) is 19.5. The number of nitrogens with one attached hydrogen (secondary N) is 2. The molecule has 0 saturated carbocycles. The van der Waals surface area contributed by atoms with Gasteiger partial charge in [0.1, 0.15) is 0 Å².